The van der Waals surface area contributed by atoms with Gasteiger partial charge in [0.05, 0.1) is 31.9 Å². The molecule has 0 fully saturated rings. The smallest absolute Gasteiger partial charge is 0.264 e. The molecule has 0 radical (unpaired) electrons. The number of halogens is 1. The normalized spacial score (nSPS) is 11.3. The van der Waals surface area contributed by atoms with E-state index in [1.54, 1.807) is 0 Å². The number of rotatable bonds is 9. The van der Waals surface area contributed by atoms with E-state index in [9.17, 15) is 8.42 Å². The second-order valence-electron chi connectivity index (χ2n) is 4.95. The Balaban J connectivity index is -0.000000277. The highest BCUT2D eigenvalue weighted by molar-refractivity contribution is 7.85. The molecule has 0 atom stereocenters. The quantitative estimate of drug-likeness (QED) is 0.379. The Hall–Kier alpha value is -0.200. The summed E-state index contributed by atoms with van der Waals surface area (Å²) in [6.45, 7) is 16.3. The van der Waals surface area contributed by atoms with Crippen LogP contribution in [0.15, 0.2) is 0 Å². The van der Waals surface area contributed by atoms with Crippen molar-refractivity contribution in [1.82, 2.24) is 0 Å². The molecule has 6 heteroatoms. The largest absolute Gasteiger partial charge is 1.00 e. The van der Waals surface area contributed by atoms with E-state index in [0.29, 0.717) is 6.42 Å². The molecular weight excluding hydrogens is 281 g/mol. The number of nitrogens with zero attached hydrogens (tertiary/aromatic N) is 1. The molecule has 0 aliphatic heterocycles. The number of quaternary nitrogens is 1. The van der Waals surface area contributed by atoms with Crippen LogP contribution in [0.25, 0.3) is 0 Å². The first-order valence-electron chi connectivity index (χ1n) is 7.61. The van der Waals surface area contributed by atoms with E-state index in [-0.39, 0.29) is 10.5 Å². The van der Waals surface area contributed by atoms with E-state index in [1.807, 2.05) is 6.92 Å². The summed E-state index contributed by atoms with van der Waals surface area (Å²) in [5.41, 5.74) is 0. The highest BCUT2D eigenvalue weighted by Gasteiger charge is 2.16. The fourth-order valence-corrected chi connectivity index (χ4v) is 2.62. The summed E-state index contributed by atoms with van der Waals surface area (Å²) in [6, 6.07) is 0. The standard InChI is InChI=1S/C8H20N.C6H14O3S.FH/c1-5-9(6-2,7-3)8-4;1-2-3-4-5-6-10(7,8)9;/h5-8H2,1-4H3;2-6H2,1H3,(H,7,8,9);1H/q+1;;/p-1. The molecule has 0 aliphatic carbocycles. The molecule has 0 bridgehead atoms. The Labute approximate surface area is 125 Å². The van der Waals surface area contributed by atoms with Gasteiger partial charge in [0.1, 0.15) is 0 Å². The van der Waals surface area contributed by atoms with Gasteiger partial charge in [-0.25, -0.2) is 0 Å². The Morgan fingerprint density at radius 2 is 1.20 bits per heavy atom. The summed E-state index contributed by atoms with van der Waals surface area (Å²) in [5, 5.41) is 0. The third-order valence-corrected chi connectivity index (χ3v) is 4.74. The summed E-state index contributed by atoms with van der Waals surface area (Å²) in [7, 11) is -3.70. The first-order valence-corrected chi connectivity index (χ1v) is 9.21. The van der Waals surface area contributed by atoms with Crippen LogP contribution >= 0.6 is 0 Å². The van der Waals surface area contributed by atoms with Gasteiger partial charge in [0.15, 0.2) is 0 Å². The SMILES string of the molecule is CCCCCCS(=O)(=O)O.CC[N+](CC)(CC)CC.[F-]. The number of unbranched alkanes of at least 4 members (excludes halogenated alkanes) is 3. The lowest BCUT2D eigenvalue weighted by Crippen LogP contribution is -3.00. The van der Waals surface area contributed by atoms with E-state index >= 15 is 0 Å². The molecule has 0 rings (SSSR count). The lowest BCUT2D eigenvalue weighted by Gasteiger charge is -2.34. The predicted molar refractivity (Wildman–Crippen MR) is 83.0 cm³/mol. The van der Waals surface area contributed by atoms with E-state index in [1.165, 1.54) is 30.7 Å². The highest BCUT2D eigenvalue weighted by atomic mass is 32.2. The van der Waals surface area contributed by atoms with Crippen molar-refractivity contribution in [3.63, 3.8) is 0 Å². The average Bonchev–Trinajstić information content (AvgIpc) is 2.38. The molecule has 0 aliphatic rings. The van der Waals surface area contributed by atoms with Gasteiger partial charge in [0.25, 0.3) is 10.1 Å². The van der Waals surface area contributed by atoms with Crippen molar-refractivity contribution in [3.8, 4) is 0 Å². The van der Waals surface area contributed by atoms with Gasteiger partial charge in [-0.05, 0) is 34.1 Å². The third kappa shape index (κ3) is 14.2. The zero-order chi connectivity index (χ0) is 15.4. The Morgan fingerprint density at radius 1 is 0.800 bits per heavy atom. The molecule has 4 nitrogen and oxygen atoms in total. The van der Waals surface area contributed by atoms with Crippen LogP contribution < -0.4 is 4.70 Å². The fraction of sp³-hybridized carbons (Fsp3) is 1.00. The summed E-state index contributed by atoms with van der Waals surface area (Å²) in [5.74, 6) is -0.0903. The number of hydrogen-bond donors (Lipinski definition) is 1. The Bertz CT molecular complexity index is 273. The molecule has 0 amide bonds. The zero-order valence-electron chi connectivity index (χ0n) is 13.9. The van der Waals surface area contributed by atoms with Crippen LogP contribution in [-0.2, 0) is 10.1 Å². The first kappa shape index (κ1) is 24.8. The minimum atomic E-state index is -3.70. The highest BCUT2D eigenvalue weighted by Crippen LogP contribution is 2.03. The molecule has 0 heterocycles. The van der Waals surface area contributed by atoms with Crippen LogP contribution in [0.1, 0.15) is 60.3 Å². The molecule has 0 saturated heterocycles. The number of hydrogen-bond acceptors (Lipinski definition) is 2. The van der Waals surface area contributed by atoms with E-state index in [2.05, 4.69) is 27.7 Å². The third-order valence-electron chi connectivity index (χ3n) is 3.94. The fourth-order valence-electron chi connectivity index (χ4n) is 2.05. The molecule has 20 heavy (non-hydrogen) atoms. The molecular formula is C14H34FNO3S. The van der Waals surface area contributed by atoms with E-state index < -0.39 is 10.1 Å². The predicted octanol–water partition coefficient (Wildman–Crippen LogP) is 0.341. The minimum Gasteiger partial charge on any atom is -1.00 e. The maximum absolute atomic E-state index is 10.1. The van der Waals surface area contributed by atoms with Crippen LogP contribution in [0, 0.1) is 0 Å². The van der Waals surface area contributed by atoms with E-state index in [4.69, 9.17) is 4.55 Å². The van der Waals surface area contributed by atoms with Crippen molar-refractivity contribution >= 4 is 10.1 Å². The molecule has 0 aromatic rings. The van der Waals surface area contributed by atoms with Crippen molar-refractivity contribution in [3.05, 3.63) is 0 Å². The first-order chi connectivity index (χ1) is 8.80. The minimum absolute atomic E-state index is 0. The van der Waals surface area contributed by atoms with Crippen LogP contribution in [0.2, 0.25) is 0 Å². The molecule has 0 unspecified atom stereocenters. The van der Waals surface area contributed by atoms with Crippen molar-refractivity contribution in [2.75, 3.05) is 31.9 Å². The van der Waals surface area contributed by atoms with Gasteiger partial charge >= 0.3 is 0 Å². The monoisotopic (exact) mass is 315 g/mol. The second-order valence-corrected chi connectivity index (χ2v) is 6.53. The van der Waals surface area contributed by atoms with Gasteiger partial charge in [-0.2, -0.15) is 8.42 Å². The molecule has 0 aromatic heterocycles. The summed E-state index contributed by atoms with van der Waals surface area (Å²) >= 11 is 0. The van der Waals surface area contributed by atoms with Gasteiger partial charge in [-0.15, -0.1) is 0 Å². The van der Waals surface area contributed by atoms with Crippen LogP contribution in [-0.4, -0.2) is 49.4 Å². The topological polar surface area (TPSA) is 54.4 Å². The second kappa shape index (κ2) is 13.8. The summed E-state index contributed by atoms with van der Waals surface area (Å²) in [6.07, 6.45) is 3.57. The summed E-state index contributed by atoms with van der Waals surface area (Å²) < 4.78 is 29.9. The molecule has 1 N–H and O–H groups in total. The van der Waals surface area contributed by atoms with Crippen LogP contribution in [0.3, 0.4) is 0 Å². The Kier molecular flexibility index (Phi) is 17.1. The van der Waals surface area contributed by atoms with Crippen molar-refractivity contribution in [2.45, 2.75) is 60.3 Å². The zero-order valence-corrected chi connectivity index (χ0v) is 14.7. The van der Waals surface area contributed by atoms with Crippen LogP contribution in [0.4, 0.5) is 0 Å². The van der Waals surface area contributed by atoms with Crippen molar-refractivity contribution in [1.29, 1.82) is 0 Å². The van der Waals surface area contributed by atoms with Gasteiger partial charge in [0, 0.05) is 0 Å². The lowest BCUT2D eigenvalue weighted by atomic mass is 10.2. The van der Waals surface area contributed by atoms with Gasteiger partial charge < -0.3 is 9.19 Å². The van der Waals surface area contributed by atoms with Gasteiger partial charge in [-0.3, -0.25) is 4.55 Å². The molecule has 0 saturated carbocycles. The van der Waals surface area contributed by atoms with E-state index in [0.717, 1.165) is 19.3 Å². The molecule has 126 valence electrons. The lowest BCUT2D eigenvalue weighted by molar-refractivity contribution is -0.921. The van der Waals surface area contributed by atoms with Crippen molar-refractivity contribution in [2.24, 2.45) is 0 Å². The average molecular weight is 315 g/mol. The maximum Gasteiger partial charge on any atom is 0.264 e. The summed E-state index contributed by atoms with van der Waals surface area (Å²) in [4.78, 5) is 0. The molecule has 0 spiro atoms. The van der Waals surface area contributed by atoms with Gasteiger partial charge in [0.2, 0.25) is 0 Å². The van der Waals surface area contributed by atoms with Crippen molar-refractivity contribution < 1.29 is 22.2 Å². The van der Waals surface area contributed by atoms with Crippen LogP contribution in [0.5, 0.6) is 0 Å². The Morgan fingerprint density at radius 3 is 1.40 bits per heavy atom. The molecule has 0 aromatic carbocycles. The maximum atomic E-state index is 10.1. The van der Waals surface area contributed by atoms with Gasteiger partial charge in [-0.1, -0.05) is 26.2 Å².